The van der Waals surface area contributed by atoms with Crippen LogP contribution in [0.1, 0.15) is 0 Å². The molecule has 0 bridgehead atoms. The van der Waals surface area contributed by atoms with E-state index in [0.29, 0.717) is 0 Å². The van der Waals surface area contributed by atoms with Gasteiger partial charge in [0.15, 0.2) is 0 Å². The molecule has 0 aliphatic carbocycles. The van der Waals surface area contributed by atoms with Gasteiger partial charge in [-0.15, -0.1) is 0 Å². The van der Waals surface area contributed by atoms with E-state index in [1.807, 2.05) is 0 Å². The summed E-state index contributed by atoms with van der Waals surface area (Å²) in [6.07, 6.45) is -4.16. The summed E-state index contributed by atoms with van der Waals surface area (Å²) in [7, 11) is -0.943. The van der Waals surface area contributed by atoms with Crippen LogP contribution in [0, 0.1) is 0 Å². The molecule has 62 valence electrons. The summed E-state index contributed by atoms with van der Waals surface area (Å²) in [6, 6.07) is 0. The summed E-state index contributed by atoms with van der Waals surface area (Å²) in [5, 5.41) is 0. The van der Waals surface area contributed by atoms with Crippen LogP contribution in [0.2, 0.25) is 0 Å². The first kappa shape index (κ1) is 10.6. The smallest absolute Gasteiger partial charge is 0.206 e. The SMILES string of the molecule is FC(F)PCCPC(F)F. The summed E-state index contributed by atoms with van der Waals surface area (Å²) in [4.78, 5) is 0. The van der Waals surface area contributed by atoms with E-state index in [1.54, 1.807) is 0 Å². The molecule has 0 nitrogen and oxygen atoms in total. The van der Waals surface area contributed by atoms with Gasteiger partial charge in [0.25, 0.3) is 12.3 Å². The van der Waals surface area contributed by atoms with Crippen molar-refractivity contribution in [3.8, 4) is 0 Å². The molecule has 0 aromatic carbocycles. The highest BCUT2D eigenvalue weighted by atomic mass is 31.1. The van der Waals surface area contributed by atoms with Crippen molar-refractivity contribution in [3.63, 3.8) is 0 Å². The highest BCUT2D eigenvalue weighted by Crippen LogP contribution is 2.27. The van der Waals surface area contributed by atoms with Crippen LogP contribution in [-0.2, 0) is 0 Å². The van der Waals surface area contributed by atoms with E-state index >= 15 is 0 Å². The third-order valence-corrected chi connectivity index (χ3v) is 2.92. The van der Waals surface area contributed by atoms with Crippen molar-refractivity contribution in [1.82, 2.24) is 0 Å². The van der Waals surface area contributed by atoms with Gasteiger partial charge in [-0.1, -0.05) is 17.2 Å². The van der Waals surface area contributed by atoms with E-state index in [0.717, 1.165) is 0 Å². The number of rotatable bonds is 5. The molecular weight excluding hydrogens is 186 g/mol. The van der Waals surface area contributed by atoms with Crippen molar-refractivity contribution in [2.45, 2.75) is 12.3 Å². The van der Waals surface area contributed by atoms with Crippen molar-refractivity contribution in [2.24, 2.45) is 0 Å². The second kappa shape index (κ2) is 6.30. The quantitative estimate of drug-likeness (QED) is 0.358. The minimum Gasteiger partial charge on any atom is -0.206 e. The van der Waals surface area contributed by atoms with Crippen molar-refractivity contribution in [2.75, 3.05) is 12.3 Å². The molecule has 0 aliphatic rings. The van der Waals surface area contributed by atoms with E-state index < -0.39 is 29.5 Å². The lowest BCUT2D eigenvalue weighted by molar-refractivity contribution is 0.246. The maximum atomic E-state index is 11.4. The summed E-state index contributed by atoms with van der Waals surface area (Å²) in [5.41, 5.74) is 0. The topological polar surface area (TPSA) is 0 Å². The molecule has 0 saturated carbocycles. The van der Waals surface area contributed by atoms with Crippen LogP contribution >= 0.6 is 17.2 Å². The second-order valence-corrected chi connectivity index (χ2v) is 4.20. The Balaban J connectivity index is 2.91. The standard InChI is InChI=1S/C4H8F4P2/c5-3(6)9-1-2-10-4(7)8/h3-4,9-10H,1-2H2. The third kappa shape index (κ3) is 8.58. The van der Waals surface area contributed by atoms with E-state index in [9.17, 15) is 17.6 Å². The highest BCUT2D eigenvalue weighted by Gasteiger charge is 2.04. The Hall–Kier alpha value is 0.580. The van der Waals surface area contributed by atoms with Crippen LogP contribution in [0.4, 0.5) is 17.6 Å². The van der Waals surface area contributed by atoms with Crippen molar-refractivity contribution in [3.05, 3.63) is 0 Å². The van der Waals surface area contributed by atoms with Gasteiger partial charge in [0, 0.05) is 0 Å². The maximum absolute atomic E-state index is 11.4. The number of halogens is 4. The number of hydrogen-bond donors (Lipinski definition) is 0. The largest absolute Gasteiger partial charge is 0.252 e. The van der Waals surface area contributed by atoms with Gasteiger partial charge in [-0.05, 0) is 12.3 Å². The third-order valence-electron chi connectivity index (χ3n) is 0.722. The summed E-state index contributed by atoms with van der Waals surface area (Å²) >= 11 is 0. The Morgan fingerprint density at radius 2 is 1.10 bits per heavy atom. The first-order valence-corrected chi connectivity index (χ1v) is 5.23. The van der Waals surface area contributed by atoms with Gasteiger partial charge in [-0.3, -0.25) is 0 Å². The zero-order valence-electron chi connectivity index (χ0n) is 5.08. The molecule has 10 heavy (non-hydrogen) atoms. The van der Waals surface area contributed by atoms with Crippen LogP contribution in [-0.4, -0.2) is 24.7 Å². The molecule has 0 aromatic rings. The fourth-order valence-electron chi connectivity index (χ4n) is 0.363. The zero-order valence-corrected chi connectivity index (χ0v) is 7.08. The number of alkyl halides is 4. The monoisotopic (exact) mass is 194 g/mol. The van der Waals surface area contributed by atoms with Crippen molar-refractivity contribution in [1.29, 1.82) is 0 Å². The van der Waals surface area contributed by atoms with Gasteiger partial charge in [0.05, 0.1) is 0 Å². The molecule has 2 unspecified atom stereocenters. The Morgan fingerprint density at radius 3 is 1.30 bits per heavy atom. The lowest BCUT2D eigenvalue weighted by Gasteiger charge is -1.99. The average molecular weight is 194 g/mol. The van der Waals surface area contributed by atoms with Crippen LogP contribution < -0.4 is 0 Å². The molecule has 0 aliphatic heterocycles. The maximum Gasteiger partial charge on any atom is 0.252 e. The first-order valence-electron chi connectivity index (χ1n) is 2.66. The van der Waals surface area contributed by atoms with Crippen LogP contribution in [0.15, 0.2) is 0 Å². The van der Waals surface area contributed by atoms with Gasteiger partial charge in [0.1, 0.15) is 0 Å². The van der Waals surface area contributed by atoms with E-state index in [-0.39, 0.29) is 12.3 Å². The predicted molar refractivity (Wildman–Crippen MR) is 38.4 cm³/mol. The molecule has 0 amide bonds. The Bertz CT molecular complexity index is 67.7. The predicted octanol–water partition coefficient (Wildman–Crippen LogP) is 2.79. The lowest BCUT2D eigenvalue weighted by atomic mass is 11.0. The fraction of sp³-hybridized carbons (Fsp3) is 1.00. The molecule has 6 heteroatoms. The molecule has 0 N–H and O–H groups in total. The van der Waals surface area contributed by atoms with Gasteiger partial charge < -0.3 is 0 Å². The van der Waals surface area contributed by atoms with Gasteiger partial charge in [0.2, 0.25) is 0 Å². The summed E-state index contributed by atoms with van der Waals surface area (Å²) in [5.74, 6) is 0. The van der Waals surface area contributed by atoms with Crippen molar-refractivity contribution < 1.29 is 17.6 Å². The zero-order chi connectivity index (χ0) is 7.98. The molecular formula is C4H8F4P2. The first-order chi connectivity index (χ1) is 4.63. The lowest BCUT2D eigenvalue weighted by Crippen LogP contribution is -1.88. The molecule has 0 rings (SSSR count). The summed E-state index contributed by atoms with van der Waals surface area (Å²) in [6.45, 7) is 0. The Labute approximate surface area is 60.3 Å². The average Bonchev–Trinajstić information content (AvgIpc) is 1.79. The normalized spacial score (nSPS) is 13.8. The van der Waals surface area contributed by atoms with Gasteiger partial charge >= 0.3 is 0 Å². The van der Waals surface area contributed by atoms with Crippen LogP contribution in [0.25, 0.3) is 0 Å². The molecule has 0 fully saturated rings. The molecule has 0 heterocycles. The molecule has 0 spiro atoms. The van der Waals surface area contributed by atoms with Crippen LogP contribution in [0.3, 0.4) is 0 Å². The Kier molecular flexibility index (Phi) is 6.67. The van der Waals surface area contributed by atoms with E-state index in [2.05, 4.69) is 0 Å². The van der Waals surface area contributed by atoms with E-state index in [1.165, 1.54) is 0 Å². The fourth-order valence-corrected chi connectivity index (χ4v) is 1.95. The van der Waals surface area contributed by atoms with E-state index in [4.69, 9.17) is 0 Å². The van der Waals surface area contributed by atoms with Gasteiger partial charge in [-0.25, -0.2) is 17.6 Å². The summed E-state index contributed by atoms with van der Waals surface area (Å²) < 4.78 is 45.5. The molecule has 0 aromatic heterocycles. The minimum atomic E-state index is -2.32. The van der Waals surface area contributed by atoms with Gasteiger partial charge in [-0.2, -0.15) is 0 Å². The number of hydrogen-bond acceptors (Lipinski definition) is 0. The molecule has 0 radical (unpaired) electrons. The Morgan fingerprint density at radius 1 is 0.800 bits per heavy atom. The second-order valence-electron chi connectivity index (χ2n) is 1.51. The highest BCUT2D eigenvalue weighted by molar-refractivity contribution is 7.42. The molecule has 0 saturated heterocycles. The van der Waals surface area contributed by atoms with Crippen LogP contribution in [0.5, 0.6) is 0 Å². The minimum absolute atomic E-state index is 0.237. The molecule has 2 atom stereocenters. The van der Waals surface area contributed by atoms with Crippen molar-refractivity contribution >= 4 is 17.2 Å².